The molecule has 0 saturated carbocycles. The molecule has 1 aliphatic heterocycles. The number of carboxylic acids is 1. The minimum absolute atomic E-state index is 0.0125. The summed E-state index contributed by atoms with van der Waals surface area (Å²) in [6.07, 6.45) is 1.16. The first-order valence-corrected chi connectivity index (χ1v) is 8.29. The van der Waals surface area contributed by atoms with E-state index in [4.69, 9.17) is 0 Å². The Bertz CT molecular complexity index is 553. The molecule has 0 bridgehead atoms. The summed E-state index contributed by atoms with van der Waals surface area (Å²) in [5, 5.41) is 12.4. The van der Waals surface area contributed by atoms with Crippen molar-refractivity contribution in [2.24, 2.45) is 0 Å². The number of hydrogen-bond donors (Lipinski definition) is 1. The van der Waals surface area contributed by atoms with Gasteiger partial charge in [0.15, 0.2) is 15.2 Å². The van der Waals surface area contributed by atoms with Crippen LogP contribution in [0.25, 0.3) is 0 Å². The molecule has 1 aliphatic rings. The highest BCUT2D eigenvalue weighted by Crippen LogP contribution is 2.27. The Morgan fingerprint density at radius 1 is 1.39 bits per heavy atom. The summed E-state index contributed by atoms with van der Waals surface area (Å²) in [5.74, 6) is -0.557. The van der Waals surface area contributed by atoms with Gasteiger partial charge in [0.25, 0.3) is 0 Å². The lowest BCUT2D eigenvalue weighted by Gasteiger charge is -2.11. The van der Waals surface area contributed by atoms with Crippen molar-refractivity contribution in [2.75, 3.05) is 12.0 Å². The van der Waals surface area contributed by atoms with E-state index < -0.39 is 21.8 Å². The van der Waals surface area contributed by atoms with Crippen molar-refractivity contribution in [3.05, 3.63) is 29.8 Å². The lowest BCUT2D eigenvalue weighted by molar-refractivity contribution is -0.690. The van der Waals surface area contributed by atoms with E-state index in [1.807, 2.05) is 0 Å². The van der Waals surface area contributed by atoms with Gasteiger partial charge < -0.3 is 15.2 Å². The number of thioether (sulfide) groups is 1. The van der Waals surface area contributed by atoms with Crippen LogP contribution in [0.5, 0.6) is 0 Å². The molecule has 7 heteroatoms. The third-order valence-corrected chi connectivity index (χ3v) is 5.27. The molecule has 5 nitrogen and oxygen atoms in total. The number of nitrogens with two attached hydrogens (primary N) is 1. The van der Waals surface area contributed by atoms with Gasteiger partial charge in [-0.25, -0.2) is 8.42 Å². The van der Waals surface area contributed by atoms with Crippen LogP contribution in [0.15, 0.2) is 29.2 Å². The number of carbonyl (C=O) groups is 1. The van der Waals surface area contributed by atoms with Gasteiger partial charge in [0, 0.05) is 11.8 Å². The van der Waals surface area contributed by atoms with Crippen LogP contribution in [0, 0.1) is 0 Å². The second-order valence-electron chi connectivity index (χ2n) is 4.21. The molecular weight excluding hydrogens is 274 g/mol. The van der Waals surface area contributed by atoms with Crippen molar-refractivity contribution >= 4 is 27.6 Å². The number of aliphatic carboxylic acids is 1. The predicted molar refractivity (Wildman–Crippen MR) is 65.5 cm³/mol. The van der Waals surface area contributed by atoms with E-state index >= 15 is 0 Å². The van der Waals surface area contributed by atoms with Gasteiger partial charge in [-0.3, -0.25) is 0 Å². The van der Waals surface area contributed by atoms with Crippen LogP contribution in [-0.2, 0) is 14.6 Å². The lowest BCUT2D eigenvalue weighted by atomic mass is 10.2. The number of benzene rings is 1. The molecule has 1 fully saturated rings. The summed E-state index contributed by atoms with van der Waals surface area (Å²) in [7, 11) is -3.19. The van der Waals surface area contributed by atoms with Gasteiger partial charge in [0.1, 0.15) is 12.0 Å². The largest absolute Gasteiger partial charge is 0.544 e. The van der Waals surface area contributed by atoms with E-state index in [0.29, 0.717) is 5.75 Å². The number of carboxylic acid groups (broad SMARTS) is 1. The maximum Gasteiger partial charge on any atom is 0.175 e. The summed E-state index contributed by atoms with van der Waals surface area (Å²) in [4.78, 5) is 11.0. The highest BCUT2D eigenvalue weighted by atomic mass is 32.2. The van der Waals surface area contributed by atoms with E-state index in [1.165, 1.54) is 11.8 Å². The number of rotatable bonds is 3. The molecule has 18 heavy (non-hydrogen) atoms. The monoisotopic (exact) mass is 287 g/mol. The number of carbonyl (C=O) groups excluding carboxylic acids is 1. The molecule has 1 heterocycles. The second kappa shape index (κ2) is 4.91. The second-order valence-corrected chi connectivity index (χ2v) is 7.40. The lowest BCUT2D eigenvalue weighted by Crippen LogP contribution is -2.90. The SMILES string of the molecule is CS(=O)(=O)c1ccc([C@@H]2[NH2+][C@H](C(=O)[O-])CS2)cc1. The van der Waals surface area contributed by atoms with E-state index in [2.05, 4.69) is 0 Å². The van der Waals surface area contributed by atoms with Crippen LogP contribution in [-0.4, -0.2) is 32.4 Å². The number of hydrogen-bond acceptors (Lipinski definition) is 5. The number of sulfone groups is 1. The van der Waals surface area contributed by atoms with E-state index in [9.17, 15) is 18.3 Å². The van der Waals surface area contributed by atoms with E-state index in [-0.39, 0.29) is 10.3 Å². The summed E-state index contributed by atoms with van der Waals surface area (Å²) in [5.41, 5.74) is 0.913. The summed E-state index contributed by atoms with van der Waals surface area (Å²) in [6, 6.07) is 6.01. The van der Waals surface area contributed by atoms with Crippen molar-refractivity contribution in [3.63, 3.8) is 0 Å². The molecule has 2 atom stereocenters. The highest BCUT2D eigenvalue weighted by molar-refractivity contribution is 7.99. The summed E-state index contributed by atoms with van der Waals surface area (Å²) in [6.45, 7) is 0. The third kappa shape index (κ3) is 2.85. The molecule has 0 aliphatic carbocycles. The summed E-state index contributed by atoms with van der Waals surface area (Å²) < 4.78 is 22.6. The molecule has 2 rings (SSSR count). The fraction of sp³-hybridized carbons (Fsp3) is 0.364. The molecule has 1 aromatic carbocycles. The Balaban J connectivity index is 2.14. The van der Waals surface area contributed by atoms with Crippen LogP contribution in [0.2, 0.25) is 0 Å². The standard InChI is InChI=1S/C11H13NO4S2/c1-18(15,16)8-4-2-7(3-5-8)10-12-9(6-17-10)11(13)14/h2-5,9-10,12H,6H2,1H3,(H,13,14)/t9-,10+/m0/s1. The Labute approximate surface area is 110 Å². The molecule has 0 unspecified atom stereocenters. The zero-order valence-corrected chi connectivity index (χ0v) is 11.3. The first kappa shape index (κ1) is 13.4. The van der Waals surface area contributed by atoms with Gasteiger partial charge >= 0.3 is 0 Å². The van der Waals surface area contributed by atoms with Gasteiger partial charge in [-0.05, 0) is 12.1 Å². The van der Waals surface area contributed by atoms with Crippen molar-refractivity contribution < 1.29 is 23.6 Å². The molecular formula is C11H13NO4S2. The maximum atomic E-state index is 11.3. The zero-order chi connectivity index (χ0) is 13.3. The van der Waals surface area contributed by atoms with Crippen molar-refractivity contribution in [3.8, 4) is 0 Å². The maximum absolute atomic E-state index is 11.3. The van der Waals surface area contributed by atoms with E-state index in [1.54, 1.807) is 29.6 Å². The zero-order valence-electron chi connectivity index (χ0n) is 9.70. The summed E-state index contributed by atoms with van der Waals surface area (Å²) >= 11 is 1.52. The van der Waals surface area contributed by atoms with Gasteiger partial charge in [-0.2, -0.15) is 0 Å². The fourth-order valence-electron chi connectivity index (χ4n) is 1.79. The molecule has 98 valence electrons. The first-order valence-electron chi connectivity index (χ1n) is 5.35. The Kier molecular flexibility index (Phi) is 3.65. The Morgan fingerprint density at radius 2 is 2.00 bits per heavy atom. The average molecular weight is 287 g/mol. The average Bonchev–Trinajstić information content (AvgIpc) is 2.77. The quantitative estimate of drug-likeness (QED) is 0.732. The topological polar surface area (TPSA) is 90.9 Å². The van der Waals surface area contributed by atoms with Crippen molar-refractivity contribution in [2.45, 2.75) is 16.3 Å². The highest BCUT2D eigenvalue weighted by Gasteiger charge is 2.30. The van der Waals surface area contributed by atoms with Crippen LogP contribution in [0.4, 0.5) is 0 Å². The van der Waals surface area contributed by atoms with Crippen molar-refractivity contribution in [1.82, 2.24) is 0 Å². The van der Waals surface area contributed by atoms with Crippen molar-refractivity contribution in [1.29, 1.82) is 0 Å². The minimum atomic E-state index is -3.19. The predicted octanol–water partition coefficient (Wildman–Crippen LogP) is -1.48. The Hall–Kier alpha value is -1.05. The van der Waals surface area contributed by atoms with Crippen LogP contribution in [0.3, 0.4) is 0 Å². The molecule has 1 saturated heterocycles. The molecule has 2 N–H and O–H groups in total. The van der Waals surface area contributed by atoms with Gasteiger partial charge in [0.2, 0.25) is 0 Å². The molecule has 1 aromatic rings. The fourth-order valence-corrected chi connectivity index (χ4v) is 3.73. The number of quaternary nitrogens is 1. The van der Waals surface area contributed by atoms with Gasteiger partial charge in [-0.15, -0.1) is 0 Å². The molecule has 0 spiro atoms. The smallest absolute Gasteiger partial charge is 0.175 e. The normalized spacial score (nSPS) is 24.1. The third-order valence-electron chi connectivity index (χ3n) is 2.80. The first-order chi connectivity index (χ1) is 8.38. The molecule has 0 radical (unpaired) electrons. The van der Waals surface area contributed by atoms with Crippen LogP contribution in [0.1, 0.15) is 10.9 Å². The van der Waals surface area contributed by atoms with Crippen LogP contribution < -0.4 is 10.4 Å². The molecule has 0 aromatic heterocycles. The Morgan fingerprint density at radius 3 is 2.44 bits per heavy atom. The van der Waals surface area contributed by atoms with E-state index in [0.717, 1.165) is 11.8 Å². The van der Waals surface area contributed by atoms with Gasteiger partial charge in [-0.1, -0.05) is 23.9 Å². The minimum Gasteiger partial charge on any atom is -0.544 e. The van der Waals surface area contributed by atoms with Gasteiger partial charge in [0.05, 0.1) is 10.6 Å². The van der Waals surface area contributed by atoms with Crippen LogP contribution >= 0.6 is 11.8 Å². The molecule has 0 amide bonds.